The molecule has 1 N–H and O–H groups in total. The average molecular weight is 412 g/mol. The molecule has 2 aliphatic carbocycles. The van der Waals surface area contributed by atoms with Gasteiger partial charge >= 0.3 is 0 Å². The van der Waals surface area contributed by atoms with E-state index in [2.05, 4.69) is 19.2 Å². The Bertz CT molecular complexity index is 724. The Morgan fingerprint density at radius 1 is 1.21 bits per heavy atom. The number of nitrogens with one attached hydrogen (secondary N) is 1. The lowest BCUT2D eigenvalue weighted by Gasteiger charge is -2.37. The van der Waals surface area contributed by atoms with Crippen molar-refractivity contribution in [2.45, 2.75) is 117 Å². The van der Waals surface area contributed by atoms with Crippen molar-refractivity contribution in [2.24, 2.45) is 5.41 Å². The van der Waals surface area contributed by atoms with Crippen molar-refractivity contribution in [2.75, 3.05) is 5.32 Å². The van der Waals surface area contributed by atoms with E-state index in [0.717, 1.165) is 30.5 Å². The van der Waals surface area contributed by atoms with Gasteiger partial charge in [-0.3, -0.25) is 4.79 Å². The molecule has 2 unspecified atom stereocenters. The molecule has 2 aliphatic rings. The van der Waals surface area contributed by atoms with Gasteiger partial charge in [0.25, 0.3) is 0 Å². The monoisotopic (exact) mass is 411 g/mol. The maximum Gasteiger partial charge on any atom is 0.249 e. The third-order valence-electron chi connectivity index (χ3n) is 6.60. The van der Waals surface area contributed by atoms with E-state index in [9.17, 15) is 13.6 Å². The summed E-state index contributed by atoms with van der Waals surface area (Å²) in [6.07, 6.45) is 4.51. The first-order valence-corrected chi connectivity index (χ1v) is 11.3. The molecule has 4 nitrogen and oxygen atoms in total. The molecular weight excluding hydrogens is 372 g/mol. The van der Waals surface area contributed by atoms with Gasteiger partial charge in [-0.05, 0) is 51.4 Å². The molecule has 0 aliphatic heterocycles. The van der Waals surface area contributed by atoms with E-state index in [-0.39, 0.29) is 30.2 Å². The lowest BCUT2D eigenvalue weighted by Crippen LogP contribution is -2.37. The number of amides is 1. The van der Waals surface area contributed by atoms with Crippen LogP contribution in [0.3, 0.4) is 0 Å². The standard InChI is InChI=1S/C21H33F2N3O.C2H6/c1-6-14(2)26-18(24-16(27)12-19(4)10-11-19)15(3)17(25-26)20(5)8-7-9-21(22,23)13-20;1-2/h14H,6-13H2,1-5H3,(H,24,27);1-2H3. The highest BCUT2D eigenvalue weighted by Crippen LogP contribution is 2.49. The lowest BCUT2D eigenvalue weighted by molar-refractivity contribution is -0.117. The van der Waals surface area contributed by atoms with Crippen molar-refractivity contribution in [3.8, 4) is 0 Å². The van der Waals surface area contributed by atoms with Crippen molar-refractivity contribution in [3.05, 3.63) is 11.3 Å². The van der Waals surface area contributed by atoms with Crippen molar-refractivity contribution in [3.63, 3.8) is 0 Å². The molecule has 0 bridgehead atoms. The zero-order chi connectivity index (χ0) is 22.0. The van der Waals surface area contributed by atoms with Crippen LogP contribution in [0.4, 0.5) is 14.6 Å². The molecule has 0 spiro atoms. The molecule has 1 amide bonds. The van der Waals surface area contributed by atoms with Gasteiger partial charge in [-0.1, -0.05) is 34.6 Å². The Morgan fingerprint density at radius 2 is 1.83 bits per heavy atom. The number of nitrogens with zero attached hydrogens (tertiary/aromatic N) is 2. The van der Waals surface area contributed by atoms with Crippen LogP contribution < -0.4 is 5.32 Å². The molecule has 166 valence electrons. The fraction of sp³-hybridized carbons (Fsp3) is 0.826. The van der Waals surface area contributed by atoms with Crippen LogP contribution in [0.2, 0.25) is 0 Å². The van der Waals surface area contributed by atoms with E-state index in [4.69, 9.17) is 5.10 Å². The van der Waals surface area contributed by atoms with Gasteiger partial charge in [-0.2, -0.15) is 5.10 Å². The van der Waals surface area contributed by atoms with E-state index in [0.29, 0.717) is 25.1 Å². The Kier molecular flexibility index (Phi) is 7.17. The van der Waals surface area contributed by atoms with Crippen molar-refractivity contribution < 1.29 is 13.6 Å². The van der Waals surface area contributed by atoms with E-state index in [1.54, 1.807) is 0 Å². The Balaban J connectivity index is 0.00000145. The largest absolute Gasteiger partial charge is 0.311 e. The Morgan fingerprint density at radius 3 is 2.34 bits per heavy atom. The molecule has 6 heteroatoms. The van der Waals surface area contributed by atoms with Gasteiger partial charge in [0.15, 0.2) is 0 Å². The molecule has 0 saturated heterocycles. The normalized spacial score (nSPS) is 25.6. The molecule has 0 aromatic carbocycles. The van der Waals surface area contributed by atoms with Gasteiger partial charge in [-0.15, -0.1) is 0 Å². The Labute approximate surface area is 174 Å². The zero-order valence-electron chi connectivity index (χ0n) is 19.3. The second kappa shape index (κ2) is 8.73. The highest BCUT2D eigenvalue weighted by Gasteiger charge is 2.46. The second-order valence-corrected chi connectivity index (χ2v) is 9.51. The smallest absolute Gasteiger partial charge is 0.249 e. The number of aromatic nitrogens is 2. The first-order chi connectivity index (χ1) is 13.5. The number of hydrogen-bond acceptors (Lipinski definition) is 2. The third kappa shape index (κ3) is 5.37. The predicted molar refractivity (Wildman–Crippen MR) is 115 cm³/mol. The average Bonchev–Trinajstić information content (AvgIpc) is 3.27. The van der Waals surface area contributed by atoms with Crippen LogP contribution in [0.1, 0.15) is 110 Å². The van der Waals surface area contributed by atoms with E-state index < -0.39 is 11.3 Å². The van der Waals surface area contributed by atoms with Gasteiger partial charge in [0.2, 0.25) is 11.8 Å². The summed E-state index contributed by atoms with van der Waals surface area (Å²) in [7, 11) is 0. The SMILES string of the molecule is CC.CCC(C)n1nc(C2(C)CCCC(F)(F)C2)c(C)c1NC(=O)CC1(C)CC1. The number of anilines is 1. The highest BCUT2D eigenvalue weighted by molar-refractivity contribution is 5.91. The molecule has 1 heterocycles. The minimum atomic E-state index is -2.65. The molecule has 1 aromatic heterocycles. The van der Waals surface area contributed by atoms with Gasteiger partial charge in [0, 0.05) is 30.2 Å². The fourth-order valence-electron chi connectivity index (χ4n) is 4.37. The van der Waals surface area contributed by atoms with Crippen LogP contribution in [-0.2, 0) is 10.2 Å². The van der Waals surface area contributed by atoms with Crippen LogP contribution in [0.15, 0.2) is 0 Å². The van der Waals surface area contributed by atoms with Crippen LogP contribution in [0.5, 0.6) is 0 Å². The van der Waals surface area contributed by atoms with E-state index >= 15 is 0 Å². The summed E-state index contributed by atoms with van der Waals surface area (Å²) in [4.78, 5) is 12.6. The van der Waals surface area contributed by atoms with Gasteiger partial charge < -0.3 is 5.32 Å². The summed E-state index contributed by atoms with van der Waals surface area (Å²) in [6.45, 7) is 14.0. The van der Waals surface area contributed by atoms with Gasteiger partial charge in [-0.25, -0.2) is 13.5 Å². The van der Waals surface area contributed by atoms with Gasteiger partial charge in [0.05, 0.1) is 11.7 Å². The summed E-state index contributed by atoms with van der Waals surface area (Å²) < 4.78 is 30.1. The molecule has 0 radical (unpaired) electrons. The van der Waals surface area contributed by atoms with Crippen molar-refractivity contribution in [1.29, 1.82) is 0 Å². The lowest BCUT2D eigenvalue weighted by atomic mass is 9.71. The fourth-order valence-corrected chi connectivity index (χ4v) is 4.37. The first-order valence-electron chi connectivity index (χ1n) is 11.3. The second-order valence-electron chi connectivity index (χ2n) is 9.51. The number of halogens is 2. The Hall–Kier alpha value is -1.46. The van der Waals surface area contributed by atoms with Crippen LogP contribution >= 0.6 is 0 Å². The quantitative estimate of drug-likeness (QED) is 0.560. The first kappa shape index (κ1) is 23.8. The summed E-state index contributed by atoms with van der Waals surface area (Å²) >= 11 is 0. The predicted octanol–water partition coefficient (Wildman–Crippen LogP) is 6.78. The van der Waals surface area contributed by atoms with Crippen molar-refractivity contribution in [1.82, 2.24) is 9.78 Å². The van der Waals surface area contributed by atoms with Crippen LogP contribution in [-0.4, -0.2) is 21.6 Å². The maximum atomic E-state index is 14.1. The van der Waals surface area contributed by atoms with E-state index in [1.807, 2.05) is 39.3 Å². The van der Waals surface area contributed by atoms with E-state index in [1.165, 1.54) is 0 Å². The summed E-state index contributed by atoms with van der Waals surface area (Å²) in [6, 6.07) is 0.0944. The van der Waals surface area contributed by atoms with Gasteiger partial charge in [0.1, 0.15) is 5.82 Å². The maximum absolute atomic E-state index is 14.1. The molecule has 2 fully saturated rings. The minimum Gasteiger partial charge on any atom is -0.311 e. The minimum absolute atomic E-state index is 0.00627. The molecule has 2 saturated carbocycles. The number of carbonyl (C=O) groups is 1. The number of alkyl halides is 2. The van der Waals surface area contributed by atoms with Crippen molar-refractivity contribution >= 4 is 11.7 Å². The molecule has 1 aromatic rings. The number of hydrogen-bond donors (Lipinski definition) is 1. The summed E-state index contributed by atoms with van der Waals surface area (Å²) in [5.74, 6) is -1.97. The molecule has 3 rings (SSSR count). The zero-order valence-corrected chi connectivity index (χ0v) is 19.3. The molecule has 29 heavy (non-hydrogen) atoms. The molecule has 2 atom stereocenters. The highest BCUT2D eigenvalue weighted by atomic mass is 19.3. The third-order valence-corrected chi connectivity index (χ3v) is 6.60. The van der Waals surface area contributed by atoms with Crippen LogP contribution in [0, 0.1) is 12.3 Å². The topological polar surface area (TPSA) is 46.9 Å². The number of rotatable bonds is 6. The molecular formula is C23H39F2N3O. The summed E-state index contributed by atoms with van der Waals surface area (Å²) in [5, 5.41) is 7.84. The summed E-state index contributed by atoms with van der Waals surface area (Å²) in [5.41, 5.74) is 1.02. The van der Waals surface area contributed by atoms with Crippen LogP contribution in [0.25, 0.3) is 0 Å². The number of carbonyl (C=O) groups excluding carboxylic acids is 1.